The first kappa shape index (κ1) is 12.4. The van der Waals surface area contributed by atoms with Crippen LogP contribution in [0.15, 0.2) is 27.8 Å². The second kappa shape index (κ2) is 5.55. The van der Waals surface area contributed by atoms with E-state index in [0.717, 1.165) is 12.2 Å². The smallest absolute Gasteiger partial charge is 0.287 e. The summed E-state index contributed by atoms with van der Waals surface area (Å²) in [5, 5.41) is 0.298. The number of fused-ring (bicyclic) bond motifs is 1. The predicted molar refractivity (Wildman–Crippen MR) is 72.7 cm³/mol. The lowest BCUT2D eigenvalue weighted by Gasteiger charge is -1.95. The highest BCUT2D eigenvalue weighted by Gasteiger charge is 2.12. The zero-order valence-corrected chi connectivity index (χ0v) is 11.1. The van der Waals surface area contributed by atoms with Crippen LogP contribution in [0.1, 0.15) is 6.42 Å². The Labute approximate surface area is 106 Å². The molecule has 0 radical (unpaired) electrons. The van der Waals surface area contributed by atoms with Crippen LogP contribution >= 0.6 is 11.8 Å². The summed E-state index contributed by atoms with van der Waals surface area (Å²) in [6.45, 7) is 0. The Bertz CT molecular complexity index is 539. The van der Waals surface area contributed by atoms with Gasteiger partial charge in [0.25, 0.3) is 5.22 Å². The summed E-state index contributed by atoms with van der Waals surface area (Å²) >= 11 is 1.74. The van der Waals surface area contributed by atoms with Gasteiger partial charge in [-0.2, -0.15) is 11.8 Å². The van der Waals surface area contributed by atoms with Crippen LogP contribution in [0, 0.1) is 0 Å². The Kier molecular flexibility index (Phi) is 4.06. The highest BCUT2D eigenvalue weighted by molar-refractivity contribution is 7.98. The van der Waals surface area contributed by atoms with Crippen molar-refractivity contribution in [1.82, 2.24) is 4.98 Å². The number of thioether (sulfide) groups is 1. The number of nitrogens with zero attached hydrogens (tertiary/aromatic N) is 1. The Morgan fingerprint density at radius 2 is 2.35 bits per heavy atom. The van der Waals surface area contributed by atoms with Crippen LogP contribution < -0.4 is 5.73 Å². The molecule has 2 N–H and O–H groups in total. The molecule has 1 aromatic carbocycles. The first-order valence-corrected chi connectivity index (χ1v) is 7.95. The molecule has 1 aromatic heterocycles. The van der Waals surface area contributed by atoms with E-state index in [-0.39, 0.29) is 0 Å². The van der Waals surface area contributed by atoms with E-state index in [4.69, 9.17) is 10.2 Å². The number of aromatic nitrogens is 1. The molecule has 1 atom stereocenters. The number of anilines is 1. The molecule has 0 fully saturated rings. The summed E-state index contributed by atoms with van der Waals surface area (Å²) in [6.07, 6.45) is 2.93. The van der Waals surface area contributed by atoms with Crippen molar-refractivity contribution < 1.29 is 8.63 Å². The second-order valence-corrected chi connectivity index (χ2v) is 6.04. The molecular weight excluding hydrogens is 256 g/mol. The van der Waals surface area contributed by atoms with E-state index in [2.05, 4.69) is 4.98 Å². The number of oxazole rings is 1. The van der Waals surface area contributed by atoms with Gasteiger partial charge in [0.05, 0.1) is 0 Å². The molecule has 92 valence electrons. The van der Waals surface area contributed by atoms with Gasteiger partial charge in [-0.3, -0.25) is 0 Å². The molecule has 0 aliphatic heterocycles. The molecule has 4 nitrogen and oxygen atoms in total. The molecule has 0 spiro atoms. The Morgan fingerprint density at radius 3 is 3.12 bits per heavy atom. The molecule has 6 heteroatoms. The average molecular weight is 270 g/mol. The number of hydrogen-bond donors (Lipinski definition) is 1. The number of benzene rings is 1. The van der Waals surface area contributed by atoms with E-state index in [1.165, 1.54) is 0 Å². The molecule has 1 heterocycles. The Morgan fingerprint density at radius 1 is 1.53 bits per heavy atom. The molecule has 0 saturated carbocycles. The van der Waals surface area contributed by atoms with Crippen LogP contribution in [0.3, 0.4) is 0 Å². The number of hydrogen-bond acceptors (Lipinski definition) is 5. The average Bonchev–Trinajstić information content (AvgIpc) is 2.72. The maximum Gasteiger partial charge on any atom is 0.287 e. The van der Waals surface area contributed by atoms with Crippen LogP contribution in [0.4, 0.5) is 5.69 Å². The van der Waals surface area contributed by atoms with Crippen molar-refractivity contribution in [2.24, 2.45) is 0 Å². The van der Waals surface area contributed by atoms with Gasteiger partial charge in [-0.15, -0.1) is 0 Å². The van der Waals surface area contributed by atoms with Crippen LogP contribution in [-0.2, 0) is 10.8 Å². The van der Waals surface area contributed by atoms with Gasteiger partial charge in [-0.25, -0.2) is 9.19 Å². The number of nitrogen functional groups attached to an aromatic ring is 1. The fourth-order valence-electron chi connectivity index (χ4n) is 1.44. The van der Waals surface area contributed by atoms with Gasteiger partial charge in [0.1, 0.15) is 16.3 Å². The first-order valence-electron chi connectivity index (χ1n) is 5.24. The van der Waals surface area contributed by atoms with E-state index < -0.39 is 10.8 Å². The minimum Gasteiger partial charge on any atom is -0.430 e. The molecule has 0 aliphatic carbocycles. The fraction of sp³-hybridized carbons (Fsp3) is 0.364. The molecule has 2 aromatic rings. The first-order chi connectivity index (χ1) is 8.20. The van der Waals surface area contributed by atoms with E-state index in [9.17, 15) is 4.21 Å². The van der Waals surface area contributed by atoms with Gasteiger partial charge < -0.3 is 10.2 Å². The van der Waals surface area contributed by atoms with Crippen molar-refractivity contribution in [2.75, 3.05) is 23.5 Å². The quantitative estimate of drug-likeness (QED) is 0.666. The lowest BCUT2D eigenvalue weighted by molar-refractivity contribution is 0.477. The van der Waals surface area contributed by atoms with Gasteiger partial charge in [-0.05, 0) is 30.6 Å². The summed E-state index contributed by atoms with van der Waals surface area (Å²) < 4.78 is 17.3. The molecule has 17 heavy (non-hydrogen) atoms. The maximum atomic E-state index is 11.9. The SMILES string of the molecule is CSCCCS(=O)c1nc2ccc(N)cc2o1. The molecule has 1 unspecified atom stereocenters. The van der Waals surface area contributed by atoms with Crippen LogP contribution in [0.2, 0.25) is 0 Å². The van der Waals surface area contributed by atoms with Crippen molar-refractivity contribution in [1.29, 1.82) is 0 Å². The summed E-state index contributed by atoms with van der Waals surface area (Å²) in [4.78, 5) is 4.20. The standard InChI is InChI=1S/C11H14N2O2S2/c1-16-5-2-6-17(14)11-13-9-4-3-8(12)7-10(9)15-11/h3-4,7H,2,5-6,12H2,1H3. The van der Waals surface area contributed by atoms with Gasteiger partial charge in [0, 0.05) is 17.5 Å². The van der Waals surface area contributed by atoms with E-state index >= 15 is 0 Å². The second-order valence-electron chi connectivity index (χ2n) is 3.60. The van der Waals surface area contributed by atoms with E-state index in [1.54, 1.807) is 30.0 Å². The molecule has 0 saturated heterocycles. The summed E-state index contributed by atoms with van der Waals surface area (Å²) in [6, 6.07) is 5.23. The minimum atomic E-state index is -1.16. The summed E-state index contributed by atoms with van der Waals surface area (Å²) in [7, 11) is -1.16. The molecule has 0 aliphatic rings. The third kappa shape index (κ3) is 3.01. The van der Waals surface area contributed by atoms with Gasteiger partial charge >= 0.3 is 0 Å². The normalized spacial score (nSPS) is 13.0. The largest absolute Gasteiger partial charge is 0.430 e. The summed E-state index contributed by atoms with van der Waals surface area (Å²) in [5.74, 6) is 1.59. The number of nitrogens with two attached hydrogens (primary N) is 1. The maximum absolute atomic E-state index is 11.9. The zero-order chi connectivity index (χ0) is 12.3. The van der Waals surface area contributed by atoms with Crippen molar-refractivity contribution in [3.63, 3.8) is 0 Å². The summed E-state index contributed by atoms with van der Waals surface area (Å²) in [5.41, 5.74) is 7.56. The van der Waals surface area contributed by atoms with Crippen LogP contribution in [0.25, 0.3) is 11.1 Å². The van der Waals surface area contributed by atoms with Crippen LogP contribution in [-0.4, -0.2) is 27.0 Å². The van der Waals surface area contributed by atoms with Gasteiger partial charge in [0.2, 0.25) is 0 Å². The Hall–Kier alpha value is -1.01. The van der Waals surface area contributed by atoms with Gasteiger partial charge in [0.15, 0.2) is 5.58 Å². The third-order valence-corrected chi connectivity index (χ3v) is 4.19. The van der Waals surface area contributed by atoms with Crippen molar-refractivity contribution in [2.45, 2.75) is 11.6 Å². The third-order valence-electron chi connectivity index (χ3n) is 2.27. The number of rotatable bonds is 5. The van der Waals surface area contributed by atoms with Crippen molar-refractivity contribution in [3.05, 3.63) is 18.2 Å². The lowest BCUT2D eigenvalue weighted by atomic mass is 10.3. The minimum absolute atomic E-state index is 0.298. The van der Waals surface area contributed by atoms with E-state index in [1.807, 2.05) is 6.26 Å². The molecule has 0 amide bonds. The van der Waals surface area contributed by atoms with Gasteiger partial charge in [-0.1, -0.05) is 0 Å². The highest BCUT2D eigenvalue weighted by Crippen LogP contribution is 2.20. The molecule has 0 bridgehead atoms. The van der Waals surface area contributed by atoms with E-state index in [0.29, 0.717) is 27.8 Å². The topological polar surface area (TPSA) is 69.1 Å². The predicted octanol–water partition coefficient (Wildman–Crippen LogP) is 2.27. The monoisotopic (exact) mass is 270 g/mol. The van der Waals surface area contributed by atoms with Crippen molar-refractivity contribution in [3.8, 4) is 0 Å². The zero-order valence-electron chi connectivity index (χ0n) is 9.51. The molecule has 2 rings (SSSR count). The van der Waals surface area contributed by atoms with Crippen LogP contribution in [0.5, 0.6) is 0 Å². The fourth-order valence-corrected chi connectivity index (χ4v) is 3.02. The van der Waals surface area contributed by atoms with Crippen molar-refractivity contribution >= 4 is 39.3 Å². The lowest BCUT2D eigenvalue weighted by Crippen LogP contribution is -1.99. The highest BCUT2D eigenvalue weighted by atomic mass is 32.2. The molecular formula is C11H14N2O2S2. The Balaban J connectivity index is 2.15.